The highest BCUT2D eigenvalue weighted by Crippen LogP contribution is 2.19. The second-order valence-electron chi connectivity index (χ2n) is 5.03. The summed E-state index contributed by atoms with van der Waals surface area (Å²) < 4.78 is 2.28. The van der Waals surface area contributed by atoms with Crippen molar-refractivity contribution < 1.29 is 0 Å². The first kappa shape index (κ1) is 12.0. The number of hydrogen-bond acceptors (Lipinski definition) is 1. The third-order valence-corrected chi connectivity index (χ3v) is 3.51. The predicted molar refractivity (Wildman–Crippen MR) is 80.1 cm³/mol. The van der Waals surface area contributed by atoms with E-state index in [1.807, 2.05) is 0 Å². The Kier molecular flexibility index (Phi) is 3.10. The van der Waals surface area contributed by atoms with Crippen LogP contribution in [-0.4, -0.2) is 4.57 Å². The van der Waals surface area contributed by atoms with Gasteiger partial charge in [0.2, 0.25) is 0 Å². The molecule has 1 heterocycles. The Balaban J connectivity index is 1.97. The van der Waals surface area contributed by atoms with E-state index in [2.05, 4.69) is 66.2 Å². The number of benzene rings is 2. The van der Waals surface area contributed by atoms with Gasteiger partial charge in [-0.1, -0.05) is 35.9 Å². The summed E-state index contributed by atoms with van der Waals surface area (Å²) in [5.74, 6) is 0. The normalized spacial score (nSPS) is 11.1. The van der Waals surface area contributed by atoms with Gasteiger partial charge >= 0.3 is 0 Å². The number of nitrogens with zero attached hydrogens (tertiary/aromatic N) is 1. The van der Waals surface area contributed by atoms with Gasteiger partial charge in [0.1, 0.15) is 0 Å². The van der Waals surface area contributed by atoms with Gasteiger partial charge in [-0.25, -0.2) is 0 Å². The molecule has 1 aromatic heterocycles. The summed E-state index contributed by atoms with van der Waals surface area (Å²) in [7, 11) is 0. The van der Waals surface area contributed by atoms with Crippen LogP contribution in [0.15, 0.2) is 54.7 Å². The SMILES string of the molecule is Cc1cccc(Cn2ccc3cc(CN)ccc32)c1. The van der Waals surface area contributed by atoms with Crippen LogP contribution in [0.5, 0.6) is 0 Å². The van der Waals surface area contributed by atoms with Gasteiger partial charge in [-0.05, 0) is 41.6 Å². The molecule has 3 aromatic rings. The third-order valence-electron chi connectivity index (χ3n) is 3.51. The average molecular weight is 250 g/mol. The van der Waals surface area contributed by atoms with Gasteiger partial charge in [-0.15, -0.1) is 0 Å². The zero-order valence-electron chi connectivity index (χ0n) is 11.1. The topological polar surface area (TPSA) is 30.9 Å². The molecule has 0 saturated carbocycles. The summed E-state index contributed by atoms with van der Waals surface area (Å²) in [4.78, 5) is 0. The first-order valence-electron chi connectivity index (χ1n) is 6.59. The fourth-order valence-electron chi connectivity index (χ4n) is 2.52. The van der Waals surface area contributed by atoms with E-state index in [-0.39, 0.29) is 0 Å². The van der Waals surface area contributed by atoms with Crippen LogP contribution in [0.25, 0.3) is 10.9 Å². The number of aromatic nitrogens is 1. The molecule has 0 aliphatic carbocycles. The summed E-state index contributed by atoms with van der Waals surface area (Å²) >= 11 is 0. The lowest BCUT2D eigenvalue weighted by molar-refractivity contribution is 0.835. The van der Waals surface area contributed by atoms with Crippen LogP contribution in [-0.2, 0) is 13.1 Å². The van der Waals surface area contributed by atoms with Crippen molar-refractivity contribution in [2.24, 2.45) is 5.73 Å². The van der Waals surface area contributed by atoms with Crippen LogP contribution in [0, 0.1) is 6.92 Å². The lowest BCUT2D eigenvalue weighted by atomic mass is 10.1. The Bertz CT molecular complexity index is 710. The molecule has 2 aromatic carbocycles. The van der Waals surface area contributed by atoms with Crippen LogP contribution >= 0.6 is 0 Å². The maximum atomic E-state index is 5.68. The molecule has 19 heavy (non-hydrogen) atoms. The third kappa shape index (κ3) is 2.40. The number of fused-ring (bicyclic) bond motifs is 1. The maximum absolute atomic E-state index is 5.68. The van der Waals surface area contributed by atoms with E-state index in [4.69, 9.17) is 5.73 Å². The van der Waals surface area contributed by atoms with Gasteiger partial charge in [-0.2, -0.15) is 0 Å². The molecule has 0 spiro atoms. The van der Waals surface area contributed by atoms with E-state index in [1.165, 1.54) is 27.6 Å². The highest BCUT2D eigenvalue weighted by Gasteiger charge is 2.02. The standard InChI is InChI=1S/C17H18N2/c1-13-3-2-4-15(9-13)12-19-8-7-16-10-14(11-18)5-6-17(16)19/h2-10H,11-12,18H2,1H3. The van der Waals surface area contributed by atoms with Crippen LogP contribution in [0.1, 0.15) is 16.7 Å². The second kappa shape index (κ2) is 4.90. The van der Waals surface area contributed by atoms with Gasteiger partial charge in [-0.3, -0.25) is 0 Å². The first-order chi connectivity index (χ1) is 9.26. The van der Waals surface area contributed by atoms with Gasteiger partial charge in [0.05, 0.1) is 0 Å². The molecule has 0 aliphatic rings. The molecule has 0 fully saturated rings. The van der Waals surface area contributed by atoms with Crippen molar-refractivity contribution in [1.29, 1.82) is 0 Å². The Morgan fingerprint density at radius 1 is 1.00 bits per heavy atom. The quantitative estimate of drug-likeness (QED) is 0.758. The molecule has 3 rings (SSSR count). The minimum absolute atomic E-state index is 0.596. The molecular weight excluding hydrogens is 232 g/mol. The van der Waals surface area contributed by atoms with Crippen LogP contribution in [0.4, 0.5) is 0 Å². The minimum atomic E-state index is 0.596. The summed E-state index contributed by atoms with van der Waals surface area (Å²) in [6.07, 6.45) is 2.15. The smallest absolute Gasteiger partial charge is 0.0483 e. The minimum Gasteiger partial charge on any atom is -0.343 e. The Morgan fingerprint density at radius 3 is 2.68 bits per heavy atom. The molecular formula is C17H18N2. The van der Waals surface area contributed by atoms with Crippen molar-refractivity contribution in [3.63, 3.8) is 0 Å². The Hall–Kier alpha value is -2.06. The fraction of sp³-hybridized carbons (Fsp3) is 0.176. The van der Waals surface area contributed by atoms with E-state index < -0.39 is 0 Å². The van der Waals surface area contributed by atoms with Crippen molar-refractivity contribution in [2.45, 2.75) is 20.0 Å². The molecule has 0 amide bonds. The average Bonchev–Trinajstić information content (AvgIpc) is 2.81. The van der Waals surface area contributed by atoms with Crippen LogP contribution < -0.4 is 5.73 Å². The molecule has 0 bridgehead atoms. The largest absolute Gasteiger partial charge is 0.343 e. The van der Waals surface area contributed by atoms with E-state index >= 15 is 0 Å². The van der Waals surface area contributed by atoms with Gasteiger partial charge in [0.15, 0.2) is 0 Å². The molecule has 0 saturated heterocycles. The molecule has 0 aliphatic heterocycles. The van der Waals surface area contributed by atoms with Crippen molar-refractivity contribution in [1.82, 2.24) is 4.57 Å². The Labute approximate surface area is 113 Å². The predicted octanol–water partition coefficient (Wildman–Crippen LogP) is 3.46. The maximum Gasteiger partial charge on any atom is 0.0483 e. The van der Waals surface area contributed by atoms with E-state index in [1.54, 1.807) is 0 Å². The molecule has 96 valence electrons. The highest BCUT2D eigenvalue weighted by molar-refractivity contribution is 5.81. The van der Waals surface area contributed by atoms with Gasteiger partial charge < -0.3 is 10.3 Å². The van der Waals surface area contributed by atoms with Crippen molar-refractivity contribution in [3.05, 3.63) is 71.4 Å². The zero-order valence-corrected chi connectivity index (χ0v) is 11.1. The number of rotatable bonds is 3. The molecule has 0 radical (unpaired) electrons. The zero-order chi connectivity index (χ0) is 13.2. The fourth-order valence-corrected chi connectivity index (χ4v) is 2.52. The second-order valence-corrected chi connectivity index (χ2v) is 5.03. The van der Waals surface area contributed by atoms with E-state index in [9.17, 15) is 0 Å². The molecule has 2 nitrogen and oxygen atoms in total. The highest BCUT2D eigenvalue weighted by atomic mass is 14.9. The summed E-state index contributed by atoms with van der Waals surface area (Å²) in [5, 5.41) is 1.26. The van der Waals surface area contributed by atoms with Crippen LogP contribution in [0.3, 0.4) is 0 Å². The van der Waals surface area contributed by atoms with E-state index in [0.717, 1.165) is 6.54 Å². The molecule has 2 N–H and O–H groups in total. The van der Waals surface area contributed by atoms with Crippen molar-refractivity contribution in [2.75, 3.05) is 0 Å². The molecule has 0 atom stereocenters. The van der Waals surface area contributed by atoms with E-state index in [0.29, 0.717) is 6.54 Å². The van der Waals surface area contributed by atoms with Crippen LogP contribution in [0.2, 0.25) is 0 Å². The Morgan fingerprint density at radius 2 is 1.89 bits per heavy atom. The number of aryl methyl sites for hydroxylation is 1. The lowest BCUT2D eigenvalue weighted by Gasteiger charge is -2.07. The summed E-state index contributed by atoms with van der Waals surface area (Å²) in [6, 6.07) is 17.2. The monoisotopic (exact) mass is 250 g/mol. The number of hydrogen-bond donors (Lipinski definition) is 1. The van der Waals surface area contributed by atoms with Crippen molar-refractivity contribution in [3.8, 4) is 0 Å². The molecule has 0 unspecified atom stereocenters. The lowest BCUT2D eigenvalue weighted by Crippen LogP contribution is -1.99. The number of nitrogens with two attached hydrogens (primary N) is 1. The summed E-state index contributed by atoms with van der Waals surface area (Å²) in [5.41, 5.74) is 10.8. The first-order valence-corrected chi connectivity index (χ1v) is 6.59. The van der Waals surface area contributed by atoms with Gasteiger partial charge in [0.25, 0.3) is 0 Å². The molecule has 2 heteroatoms. The summed E-state index contributed by atoms with van der Waals surface area (Å²) in [6.45, 7) is 3.64. The van der Waals surface area contributed by atoms with Crippen molar-refractivity contribution >= 4 is 10.9 Å². The van der Waals surface area contributed by atoms with Gasteiger partial charge in [0, 0.05) is 24.8 Å².